The van der Waals surface area contributed by atoms with E-state index in [0.717, 1.165) is 18.2 Å². The molecular weight excluding hydrogens is 883 g/mol. The van der Waals surface area contributed by atoms with Crippen LogP contribution in [0.1, 0.15) is 0 Å². The summed E-state index contributed by atoms with van der Waals surface area (Å²) in [5.41, 5.74) is -0.324. The summed E-state index contributed by atoms with van der Waals surface area (Å²) in [5, 5.41) is 101. The molecule has 318 valence electrons. The van der Waals surface area contributed by atoms with E-state index in [2.05, 4.69) is 59.7 Å². The van der Waals surface area contributed by atoms with E-state index in [4.69, 9.17) is 15.3 Å². The summed E-state index contributed by atoms with van der Waals surface area (Å²) < 4.78 is 47.9. The zero-order valence-electron chi connectivity index (χ0n) is 30.8. The van der Waals surface area contributed by atoms with Crippen molar-refractivity contribution in [1.29, 1.82) is 0 Å². The number of phenolic OH excluding ortho intramolecular Hbond substituents is 3. The fourth-order valence-electron chi connectivity index (χ4n) is 5.11. The predicted octanol–water partition coefficient (Wildman–Crippen LogP) is 11.6. The number of nitro benzene ring substituents is 1. The van der Waals surface area contributed by atoms with Gasteiger partial charge in [0.05, 0.1) is 63.0 Å². The van der Waals surface area contributed by atoms with E-state index in [9.17, 15) is 38.4 Å². The zero-order valence-corrected chi connectivity index (χ0v) is 33.3. The third-order valence-electron chi connectivity index (χ3n) is 7.92. The van der Waals surface area contributed by atoms with Crippen molar-refractivity contribution in [1.82, 2.24) is 0 Å². The quantitative estimate of drug-likeness (QED) is 0.0124. The van der Waals surface area contributed by atoms with Gasteiger partial charge in [-0.05, 0) is 78.2 Å². The van der Waals surface area contributed by atoms with Crippen LogP contribution in [0.25, 0.3) is 10.8 Å². The van der Waals surface area contributed by atoms with Gasteiger partial charge in [-0.2, -0.15) is 23.8 Å². The number of hydrogen-bond acceptors (Lipinski definition) is 24. The third-order valence-corrected chi connectivity index (χ3v) is 10.1. The molecule has 6 aromatic rings. The van der Waals surface area contributed by atoms with Crippen LogP contribution in [-0.4, -0.2) is 50.8 Å². The van der Waals surface area contributed by atoms with Crippen LogP contribution >= 0.6 is 24.1 Å². The van der Waals surface area contributed by atoms with Crippen molar-refractivity contribution in [2.45, 2.75) is 14.7 Å². The first-order chi connectivity index (χ1) is 29.8. The number of aromatic hydroxyl groups is 3. The summed E-state index contributed by atoms with van der Waals surface area (Å²) >= 11 is 0.914. The number of phenols is 3. The maximum atomic E-state index is 11.9. The highest BCUT2D eigenvalue weighted by atomic mass is 32.2. The predicted molar refractivity (Wildman–Crippen MR) is 216 cm³/mol. The molecule has 0 amide bonds. The van der Waals surface area contributed by atoms with Crippen molar-refractivity contribution in [2.24, 2.45) is 40.9 Å². The van der Waals surface area contributed by atoms with E-state index in [-0.39, 0.29) is 55.5 Å². The molecule has 0 atom stereocenters. The molecule has 0 saturated heterocycles. The minimum atomic E-state index is -4.96. The maximum Gasteiger partial charge on any atom is 0.297 e. The number of ether oxygens (including phenoxy) is 1. The van der Waals surface area contributed by atoms with Gasteiger partial charge in [-0.15, -0.1) is 34.2 Å². The Kier molecular flexibility index (Phi) is 14.4. The van der Waals surface area contributed by atoms with Crippen molar-refractivity contribution < 1.29 is 67.2 Å². The molecule has 0 spiro atoms. The molecular formula is C35H25N9O15S3. The van der Waals surface area contributed by atoms with Crippen molar-refractivity contribution in [3.63, 3.8) is 0 Å². The molecule has 0 saturated carbocycles. The highest BCUT2D eigenvalue weighted by Gasteiger charge is 2.21. The first kappa shape index (κ1) is 44.5. The number of azo groups is 4. The number of fused-ring (bicyclic) bond motifs is 1. The molecule has 0 aromatic heterocycles. The Balaban J connectivity index is 1.26. The van der Waals surface area contributed by atoms with Gasteiger partial charge in [0.25, 0.3) is 15.8 Å². The van der Waals surface area contributed by atoms with Gasteiger partial charge < -0.3 is 20.1 Å². The number of hydrogen-bond donors (Lipinski definition) is 6. The molecule has 0 bridgehead atoms. The van der Waals surface area contributed by atoms with E-state index < -0.39 is 37.1 Å². The first-order valence-electron chi connectivity index (χ1n) is 16.6. The average Bonchev–Trinajstić information content (AvgIpc) is 3.25. The lowest BCUT2D eigenvalue weighted by molar-refractivity contribution is -0.432. The minimum Gasteiger partial charge on any atom is -0.508 e. The lowest BCUT2D eigenvalue weighted by atomic mass is 10.1. The van der Waals surface area contributed by atoms with Crippen LogP contribution in [0.3, 0.4) is 0 Å². The molecule has 62 heavy (non-hydrogen) atoms. The van der Waals surface area contributed by atoms with E-state index in [0.29, 0.717) is 52.3 Å². The lowest BCUT2D eigenvalue weighted by Crippen LogP contribution is -2.00. The number of nitro groups is 1. The standard InChI is InChI=1S/C35H25N9O15S3/c1-55-30-17-27(41-43-34-32(61-59-57-51)13-18-12-20(4-9-24(18)35(34)47)37-36-19-2-7-23(45)8-3-19)29(46)16-28(30)42-38-21-5-10-25(31(14-21)60-58-56-50)39-40-26-11-6-22(44(48)49)15-33(26)62(52,53)54/h2-17,45-47,50-51H,1H3,(H,52,53,54). The molecule has 6 N–H and O–H groups in total. The van der Waals surface area contributed by atoms with Crippen molar-refractivity contribution in [3.8, 4) is 23.0 Å². The molecule has 24 nitrogen and oxygen atoms in total. The van der Waals surface area contributed by atoms with E-state index in [1.54, 1.807) is 30.3 Å². The molecule has 6 aromatic carbocycles. The Morgan fingerprint density at radius 2 is 1.23 bits per heavy atom. The second-order valence-corrected chi connectivity index (χ2v) is 14.7. The fraction of sp³-hybridized carbons (Fsp3) is 0.0286. The molecule has 0 aliphatic heterocycles. The second kappa shape index (κ2) is 20.0. The molecule has 0 unspecified atom stereocenters. The fourth-order valence-corrected chi connectivity index (χ4v) is 6.72. The largest absolute Gasteiger partial charge is 0.508 e. The summed E-state index contributed by atoms with van der Waals surface area (Å²) in [6.45, 7) is 0. The Morgan fingerprint density at radius 3 is 1.92 bits per heavy atom. The van der Waals surface area contributed by atoms with Gasteiger partial charge in [0.15, 0.2) is 5.75 Å². The summed E-state index contributed by atoms with van der Waals surface area (Å²) in [4.78, 5) is 9.57. The van der Waals surface area contributed by atoms with Gasteiger partial charge in [0.1, 0.15) is 50.6 Å². The zero-order chi connectivity index (χ0) is 44.4. The number of nitrogens with zero attached hydrogens (tertiary/aromatic N) is 9. The second-order valence-electron chi connectivity index (χ2n) is 11.8. The van der Waals surface area contributed by atoms with E-state index in [1.807, 2.05) is 0 Å². The molecule has 0 heterocycles. The van der Waals surface area contributed by atoms with Crippen LogP contribution in [-0.2, 0) is 28.9 Å². The summed E-state index contributed by atoms with van der Waals surface area (Å²) in [5.74, 6) is -0.682. The molecule has 0 aliphatic rings. The van der Waals surface area contributed by atoms with Gasteiger partial charge in [0.2, 0.25) is 0 Å². The Bertz CT molecular complexity index is 2890. The van der Waals surface area contributed by atoms with Crippen LogP contribution in [0.5, 0.6) is 23.0 Å². The normalized spacial score (nSPS) is 12.1. The maximum absolute atomic E-state index is 11.9. The van der Waals surface area contributed by atoms with Crippen molar-refractivity contribution >= 4 is 96.2 Å². The van der Waals surface area contributed by atoms with Gasteiger partial charge in [-0.1, -0.05) is 10.1 Å². The smallest absolute Gasteiger partial charge is 0.297 e. The molecule has 27 heteroatoms. The van der Waals surface area contributed by atoms with Crippen molar-refractivity contribution in [2.75, 3.05) is 7.11 Å². The number of methoxy groups -OCH3 is 1. The van der Waals surface area contributed by atoms with Crippen molar-refractivity contribution in [3.05, 3.63) is 107 Å². The average molecular weight is 908 g/mol. The summed E-state index contributed by atoms with van der Waals surface area (Å²) in [7, 11) is -3.65. The molecule has 0 fully saturated rings. The monoisotopic (exact) mass is 907 g/mol. The highest BCUT2D eigenvalue weighted by Crippen LogP contribution is 2.47. The number of non-ortho nitro benzene ring substituents is 1. The van der Waals surface area contributed by atoms with Crippen LogP contribution < -0.4 is 4.74 Å². The first-order valence-corrected chi connectivity index (χ1v) is 19.6. The van der Waals surface area contributed by atoms with Gasteiger partial charge in [-0.3, -0.25) is 14.7 Å². The van der Waals surface area contributed by atoms with Crippen LogP contribution in [0, 0.1) is 10.1 Å². The van der Waals surface area contributed by atoms with E-state index in [1.165, 1.54) is 49.6 Å². The van der Waals surface area contributed by atoms with Gasteiger partial charge in [0, 0.05) is 29.7 Å². The van der Waals surface area contributed by atoms with Crippen LogP contribution in [0.2, 0.25) is 0 Å². The third kappa shape index (κ3) is 11.0. The Labute approximate surface area is 355 Å². The molecule has 0 radical (unpaired) electrons. The van der Waals surface area contributed by atoms with Crippen LogP contribution in [0.4, 0.5) is 51.2 Å². The van der Waals surface area contributed by atoms with Crippen LogP contribution in [0.15, 0.2) is 153 Å². The summed E-state index contributed by atoms with van der Waals surface area (Å²) in [6.07, 6.45) is 0. The SMILES string of the molecule is COc1cc(N=Nc2c(SOOO)cc3cc(N=Nc4ccc(O)cc4)ccc3c2O)c(O)cc1N=Nc1ccc(N=Nc2ccc([N+](=O)[O-])cc2S(=O)(=O)O)c(SOOO)c1. The number of rotatable bonds is 17. The topological polar surface area (TPSA) is 344 Å². The Morgan fingerprint density at radius 1 is 0.629 bits per heavy atom. The minimum absolute atomic E-state index is 0.00410. The van der Waals surface area contributed by atoms with Gasteiger partial charge in [-0.25, -0.2) is 10.5 Å². The Hall–Kier alpha value is -7.05. The highest BCUT2D eigenvalue weighted by molar-refractivity contribution is 7.95. The van der Waals surface area contributed by atoms with Gasteiger partial charge >= 0.3 is 0 Å². The lowest BCUT2D eigenvalue weighted by Gasteiger charge is -2.10. The molecule has 6 rings (SSSR count). The summed E-state index contributed by atoms with van der Waals surface area (Å²) in [6, 6.07) is 21.3. The number of benzene rings is 6. The molecule has 0 aliphatic carbocycles. The van der Waals surface area contributed by atoms with E-state index >= 15 is 0 Å².